The van der Waals surface area contributed by atoms with Gasteiger partial charge < -0.3 is 10.1 Å². The van der Waals surface area contributed by atoms with E-state index >= 15 is 0 Å². The second kappa shape index (κ2) is 5.38. The fourth-order valence-electron chi connectivity index (χ4n) is 1.21. The zero-order valence-corrected chi connectivity index (χ0v) is 7.77. The van der Waals surface area contributed by atoms with E-state index in [0.29, 0.717) is 18.8 Å². The summed E-state index contributed by atoms with van der Waals surface area (Å²) < 4.78 is 5.33. The second-order valence-electron chi connectivity index (χ2n) is 2.88. The van der Waals surface area contributed by atoms with Crippen LogP contribution in [0.3, 0.4) is 0 Å². The van der Waals surface area contributed by atoms with Crippen molar-refractivity contribution in [2.24, 2.45) is 0 Å². The van der Waals surface area contributed by atoms with E-state index in [9.17, 15) is 4.79 Å². The average molecular weight is 192 g/mol. The zero-order chi connectivity index (χ0) is 8.81. The van der Waals surface area contributed by atoms with E-state index in [1.807, 2.05) is 0 Å². The van der Waals surface area contributed by atoms with Crippen molar-refractivity contribution < 1.29 is 9.53 Å². The first-order chi connectivity index (χ1) is 5.83. The van der Waals surface area contributed by atoms with Gasteiger partial charge in [0.15, 0.2) is 0 Å². The van der Waals surface area contributed by atoms with Crippen molar-refractivity contribution in [2.45, 2.75) is 25.4 Å². The number of amides is 1. The van der Waals surface area contributed by atoms with E-state index in [1.54, 1.807) is 0 Å². The number of hydrogen-bond acceptors (Lipinski definition) is 2. The topological polar surface area (TPSA) is 38.3 Å². The largest absolute Gasteiger partial charge is 0.376 e. The molecule has 12 heavy (non-hydrogen) atoms. The molecular weight excluding hydrogens is 178 g/mol. The predicted molar refractivity (Wildman–Crippen MR) is 47.3 cm³/mol. The maximum atomic E-state index is 10.9. The molecule has 0 aromatic rings. The van der Waals surface area contributed by atoms with E-state index in [1.165, 1.54) is 0 Å². The number of carbonyl (C=O) groups excluding carboxylic acids is 1. The minimum absolute atomic E-state index is 0.0144. The standard InChI is InChI=1S/C8H14ClNO2/c9-4-3-8(11)10-6-7-2-1-5-12-7/h7H,1-6H2,(H,10,11)/t7-/m1/s1. The van der Waals surface area contributed by atoms with Gasteiger partial charge in [0, 0.05) is 25.5 Å². The molecule has 0 saturated carbocycles. The van der Waals surface area contributed by atoms with Crippen LogP contribution in [0.5, 0.6) is 0 Å². The summed E-state index contributed by atoms with van der Waals surface area (Å²) in [7, 11) is 0. The lowest BCUT2D eigenvalue weighted by Gasteiger charge is -2.09. The van der Waals surface area contributed by atoms with Crippen LogP contribution < -0.4 is 5.32 Å². The third-order valence-corrected chi connectivity index (χ3v) is 2.06. The van der Waals surface area contributed by atoms with Crippen LogP contribution in [0.2, 0.25) is 0 Å². The number of hydrogen-bond donors (Lipinski definition) is 1. The molecule has 0 spiro atoms. The van der Waals surface area contributed by atoms with Gasteiger partial charge >= 0.3 is 0 Å². The molecule has 1 rings (SSSR count). The van der Waals surface area contributed by atoms with Crippen LogP contribution in [-0.2, 0) is 9.53 Å². The van der Waals surface area contributed by atoms with Crippen LogP contribution in [-0.4, -0.2) is 31.0 Å². The lowest BCUT2D eigenvalue weighted by atomic mass is 10.2. The molecule has 1 fully saturated rings. The Morgan fingerprint density at radius 3 is 3.08 bits per heavy atom. The van der Waals surface area contributed by atoms with Crippen molar-refractivity contribution in [3.05, 3.63) is 0 Å². The molecule has 0 unspecified atom stereocenters. The van der Waals surface area contributed by atoms with Gasteiger partial charge in [0.1, 0.15) is 0 Å². The van der Waals surface area contributed by atoms with Crippen molar-refractivity contribution in [1.29, 1.82) is 0 Å². The molecule has 1 aliphatic heterocycles. The number of rotatable bonds is 4. The molecule has 0 bridgehead atoms. The molecule has 70 valence electrons. The number of alkyl halides is 1. The SMILES string of the molecule is O=C(CCCl)NC[C@H]1CCCO1. The van der Waals surface area contributed by atoms with Gasteiger partial charge in [-0.15, -0.1) is 11.6 Å². The molecule has 4 heteroatoms. The first-order valence-electron chi connectivity index (χ1n) is 4.27. The Kier molecular flexibility index (Phi) is 4.40. The van der Waals surface area contributed by atoms with Crippen LogP contribution in [0.4, 0.5) is 0 Å². The highest BCUT2D eigenvalue weighted by atomic mass is 35.5. The fraction of sp³-hybridized carbons (Fsp3) is 0.875. The van der Waals surface area contributed by atoms with Gasteiger partial charge in [-0.2, -0.15) is 0 Å². The van der Waals surface area contributed by atoms with Crippen molar-refractivity contribution in [1.82, 2.24) is 5.32 Å². The van der Waals surface area contributed by atoms with Crippen molar-refractivity contribution in [2.75, 3.05) is 19.0 Å². The molecular formula is C8H14ClNO2. The molecule has 1 aliphatic rings. The Balaban J connectivity index is 2.03. The van der Waals surface area contributed by atoms with Gasteiger partial charge in [-0.3, -0.25) is 4.79 Å². The summed E-state index contributed by atoms with van der Waals surface area (Å²) in [6.45, 7) is 1.46. The highest BCUT2D eigenvalue weighted by Crippen LogP contribution is 2.10. The number of nitrogens with one attached hydrogen (secondary N) is 1. The Hall–Kier alpha value is -0.280. The maximum absolute atomic E-state index is 10.9. The van der Waals surface area contributed by atoms with Gasteiger partial charge in [0.2, 0.25) is 5.91 Å². The lowest BCUT2D eigenvalue weighted by Crippen LogP contribution is -2.31. The predicted octanol–water partition coefficient (Wildman–Crippen LogP) is 0.910. The normalized spacial score (nSPS) is 22.6. The van der Waals surface area contributed by atoms with Crippen molar-refractivity contribution >= 4 is 17.5 Å². The van der Waals surface area contributed by atoms with E-state index in [-0.39, 0.29) is 12.0 Å². The third kappa shape index (κ3) is 3.41. The van der Waals surface area contributed by atoms with Crippen LogP contribution in [0.15, 0.2) is 0 Å². The molecule has 0 aromatic heterocycles. The Morgan fingerprint density at radius 1 is 1.67 bits per heavy atom. The first-order valence-corrected chi connectivity index (χ1v) is 4.80. The minimum Gasteiger partial charge on any atom is -0.376 e. The Labute approximate surface area is 77.4 Å². The van der Waals surface area contributed by atoms with Crippen LogP contribution in [0.25, 0.3) is 0 Å². The molecule has 1 amide bonds. The fourth-order valence-corrected chi connectivity index (χ4v) is 1.38. The van der Waals surface area contributed by atoms with E-state index in [2.05, 4.69) is 5.32 Å². The summed E-state index contributed by atoms with van der Waals surface area (Å²) >= 11 is 5.40. The minimum atomic E-state index is 0.0144. The smallest absolute Gasteiger partial charge is 0.221 e. The molecule has 1 heterocycles. The van der Waals surface area contributed by atoms with Gasteiger partial charge in [-0.05, 0) is 12.8 Å². The molecule has 3 nitrogen and oxygen atoms in total. The van der Waals surface area contributed by atoms with Gasteiger partial charge in [0.05, 0.1) is 6.10 Å². The lowest BCUT2D eigenvalue weighted by molar-refractivity contribution is -0.121. The molecule has 0 radical (unpaired) electrons. The van der Waals surface area contributed by atoms with Gasteiger partial charge in [-0.25, -0.2) is 0 Å². The molecule has 1 N–H and O–H groups in total. The monoisotopic (exact) mass is 191 g/mol. The zero-order valence-electron chi connectivity index (χ0n) is 7.01. The second-order valence-corrected chi connectivity index (χ2v) is 3.26. The first kappa shape index (κ1) is 9.81. The summed E-state index contributed by atoms with van der Waals surface area (Å²) in [5.74, 6) is 0.401. The Morgan fingerprint density at radius 2 is 2.50 bits per heavy atom. The maximum Gasteiger partial charge on any atom is 0.221 e. The summed E-state index contributed by atoms with van der Waals surface area (Å²) in [5, 5.41) is 2.78. The van der Waals surface area contributed by atoms with Crippen LogP contribution in [0, 0.1) is 0 Å². The average Bonchev–Trinajstić information content (AvgIpc) is 2.53. The van der Waals surface area contributed by atoms with E-state index in [4.69, 9.17) is 16.3 Å². The highest BCUT2D eigenvalue weighted by Gasteiger charge is 2.15. The van der Waals surface area contributed by atoms with Crippen LogP contribution >= 0.6 is 11.6 Å². The summed E-state index contributed by atoms with van der Waals surface area (Å²) in [6.07, 6.45) is 2.79. The molecule has 1 saturated heterocycles. The molecule has 1 atom stereocenters. The van der Waals surface area contributed by atoms with E-state index in [0.717, 1.165) is 19.4 Å². The Bertz CT molecular complexity index is 146. The summed E-state index contributed by atoms with van der Waals surface area (Å²) in [6, 6.07) is 0. The highest BCUT2D eigenvalue weighted by molar-refractivity contribution is 6.18. The molecule has 0 aromatic carbocycles. The van der Waals surface area contributed by atoms with Gasteiger partial charge in [0.25, 0.3) is 0 Å². The number of ether oxygens (including phenoxy) is 1. The van der Waals surface area contributed by atoms with E-state index < -0.39 is 0 Å². The quantitative estimate of drug-likeness (QED) is 0.671. The van der Waals surface area contributed by atoms with Crippen LogP contribution in [0.1, 0.15) is 19.3 Å². The van der Waals surface area contributed by atoms with Gasteiger partial charge in [-0.1, -0.05) is 0 Å². The summed E-state index contributed by atoms with van der Waals surface area (Å²) in [4.78, 5) is 10.9. The number of halogens is 1. The number of carbonyl (C=O) groups is 1. The summed E-state index contributed by atoms with van der Waals surface area (Å²) in [5.41, 5.74) is 0. The third-order valence-electron chi connectivity index (χ3n) is 1.87. The molecule has 0 aliphatic carbocycles. The van der Waals surface area contributed by atoms with Crippen molar-refractivity contribution in [3.8, 4) is 0 Å². The van der Waals surface area contributed by atoms with Crippen molar-refractivity contribution in [3.63, 3.8) is 0 Å².